The Kier molecular flexibility index (Phi) is 17.5. The number of carboxylic acids is 3. The number of hydrogen-bond acceptors (Lipinski definition) is 6. The first-order valence-corrected chi connectivity index (χ1v) is 11.2. The summed E-state index contributed by atoms with van der Waals surface area (Å²) in [6, 6.07) is 9.85. The number of benzene rings is 1. The zero-order valence-corrected chi connectivity index (χ0v) is 20.3. The molecule has 0 bridgehead atoms. The van der Waals surface area contributed by atoms with Crippen molar-refractivity contribution in [1.29, 1.82) is 0 Å². The van der Waals surface area contributed by atoms with Gasteiger partial charge >= 0.3 is 17.9 Å². The van der Waals surface area contributed by atoms with E-state index in [-0.39, 0.29) is 19.3 Å². The second-order valence-corrected chi connectivity index (χ2v) is 7.36. The zero-order valence-electron chi connectivity index (χ0n) is 19.5. The van der Waals surface area contributed by atoms with Crippen LogP contribution in [0.1, 0.15) is 50.7 Å². The van der Waals surface area contributed by atoms with Crippen molar-refractivity contribution in [1.82, 2.24) is 10.3 Å². The molecule has 10 heteroatoms. The molecule has 0 fully saturated rings. The maximum absolute atomic E-state index is 9.64. The molecule has 188 valence electrons. The highest BCUT2D eigenvalue weighted by Crippen LogP contribution is 2.26. The molecule has 0 saturated carbocycles. The van der Waals surface area contributed by atoms with Crippen LogP contribution in [0.15, 0.2) is 42.7 Å². The summed E-state index contributed by atoms with van der Waals surface area (Å²) in [6.07, 6.45) is 5.30. The second kappa shape index (κ2) is 19.3. The monoisotopic (exact) mass is 496 g/mol. The van der Waals surface area contributed by atoms with Gasteiger partial charge in [0.25, 0.3) is 0 Å². The molecule has 0 aliphatic heterocycles. The number of carbonyl (C=O) groups is 3. The fraction of sp³-hybridized carbons (Fsp3) is 0.417. The normalized spacial score (nSPS) is 9.62. The third-order valence-corrected chi connectivity index (χ3v) is 4.30. The minimum absolute atomic E-state index is 0.222. The molecule has 1 heterocycles. The molecule has 1 aromatic heterocycles. The van der Waals surface area contributed by atoms with Crippen LogP contribution in [0.2, 0.25) is 5.02 Å². The molecule has 0 saturated heterocycles. The van der Waals surface area contributed by atoms with Crippen molar-refractivity contribution in [3.8, 4) is 5.75 Å². The van der Waals surface area contributed by atoms with E-state index in [1.54, 1.807) is 19.3 Å². The fourth-order valence-corrected chi connectivity index (χ4v) is 2.38. The van der Waals surface area contributed by atoms with Crippen LogP contribution in [0, 0.1) is 0 Å². The summed E-state index contributed by atoms with van der Waals surface area (Å²) in [6.45, 7) is 6.27. The van der Waals surface area contributed by atoms with Crippen LogP contribution < -0.4 is 10.1 Å². The van der Waals surface area contributed by atoms with Crippen LogP contribution in [-0.2, 0) is 27.4 Å². The molecule has 2 rings (SSSR count). The number of aromatic nitrogens is 1. The molecule has 9 nitrogen and oxygen atoms in total. The first-order valence-electron chi connectivity index (χ1n) is 10.9. The quantitative estimate of drug-likeness (QED) is 0.316. The lowest BCUT2D eigenvalue weighted by Crippen LogP contribution is -2.17. The van der Waals surface area contributed by atoms with E-state index in [9.17, 15) is 14.4 Å². The Bertz CT molecular complexity index is 850. The molecule has 2 aromatic rings. The summed E-state index contributed by atoms with van der Waals surface area (Å²) in [5.74, 6) is -2.17. The molecule has 0 unspecified atom stereocenters. The van der Waals surface area contributed by atoms with Crippen molar-refractivity contribution >= 4 is 29.5 Å². The molecule has 4 N–H and O–H groups in total. The number of nitrogens with zero attached hydrogens (tertiary/aromatic N) is 1. The predicted molar refractivity (Wildman–Crippen MR) is 129 cm³/mol. The number of halogens is 1. The Hall–Kier alpha value is -3.17. The highest BCUT2D eigenvalue weighted by Gasteiger charge is 2.04. The minimum atomic E-state index is -1.08. The average Bonchev–Trinajstić information content (AvgIpc) is 2.82. The Balaban J connectivity index is 0.000000693. The van der Waals surface area contributed by atoms with E-state index >= 15 is 0 Å². The molecule has 0 atom stereocenters. The maximum Gasteiger partial charge on any atom is 0.303 e. The van der Waals surface area contributed by atoms with Gasteiger partial charge < -0.3 is 25.4 Å². The third kappa shape index (κ3) is 17.4. The molecular formula is C24H33ClN2O7. The average molecular weight is 497 g/mol. The van der Waals surface area contributed by atoms with Crippen LogP contribution in [-0.4, -0.2) is 51.3 Å². The number of pyridine rings is 1. The van der Waals surface area contributed by atoms with Crippen LogP contribution >= 0.6 is 11.6 Å². The van der Waals surface area contributed by atoms with Gasteiger partial charge in [-0.2, -0.15) is 0 Å². The first kappa shape index (κ1) is 30.8. The molecular weight excluding hydrogens is 464 g/mol. The highest BCUT2D eigenvalue weighted by molar-refractivity contribution is 6.32. The van der Waals surface area contributed by atoms with Gasteiger partial charge in [-0.15, -0.1) is 0 Å². The van der Waals surface area contributed by atoms with Crippen molar-refractivity contribution < 1.29 is 34.4 Å². The van der Waals surface area contributed by atoms with Crippen LogP contribution in [0.4, 0.5) is 0 Å². The van der Waals surface area contributed by atoms with Crippen molar-refractivity contribution in [3.05, 3.63) is 58.9 Å². The van der Waals surface area contributed by atoms with E-state index in [2.05, 4.69) is 17.2 Å². The summed E-state index contributed by atoms with van der Waals surface area (Å²) >= 11 is 6.19. The van der Waals surface area contributed by atoms with Gasteiger partial charge in [-0.1, -0.05) is 37.6 Å². The van der Waals surface area contributed by atoms with E-state index < -0.39 is 17.9 Å². The van der Waals surface area contributed by atoms with E-state index in [0.717, 1.165) is 37.2 Å². The minimum Gasteiger partial charge on any atom is -0.487 e. The van der Waals surface area contributed by atoms with Gasteiger partial charge in [-0.25, -0.2) is 0 Å². The number of ether oxygens (including phenoxy) is 1. The summed E-state index contributed by atoms with van der Waals surface area (Å²) < 4.78 is 5.80. The maximum atomic E-state index is 9.64. The van der Waals surface area contributed by atoms with Crippen molar-refractivity contribution in [2.45, 2.75) is 52.6 Å². The van der Waals surface area contributed by atoms with Gasteiger partial charge in [0.15, 0.2) is 0 Å². The number of nitrogens with one attached hydrogen (secondary N) is 1. The largest absolute Gasteiger partial charge is 0.487 e. The lowest BCUT2D eigenvalue weighted by molar-refractivity contribution is -0.143. The molecule has 0 amide bonds. The Morgan fingerprint density at radius 3 is 2.12 bits per heavy atom. The van der Waals surface area contributed by atoms with Gasteiger partial charge in [0.05, 0.1) is 17.9 Å². The van der Waals surface area contributed by atoms with E-state index in [1.807, 2.05) is 30.3 Å². The lowest BCUT2D eigenvalue weighted by Gasteiger charge is -2.10. The van der Waals surface area contributed by atoms with Crippen molar-refractivity contribution in [2.24, 2.45) is 0 Å². The SMILES string of the molecule is CCC(=O)O.CCCNCCc1ccc(Cl)c(OCc2cccnc2)c1.O=C(O)CCC(=O)O. The van der Waals surface area contributed by atoms with Gasteiger partial charge in [-0.3, -0.25) is 19.4 Å². The topological polar surface area (TPSA) is 146 Å². The molecule has 1 aromatic carbocycles. The van der Waals surface area contributed by atoms with Crippen LogP contribution in [0.5, 0.6) is 5.75 Å². The van der Waals surface area contributed by atoms with Gasteiger partial charge in [0.1, 0.15) is 12.4 Å². The van der Waals surface area contributed by atoms with Crippen LogP contribution in [0.25, 0.3) is 0 Å². The standard InChI is InChI=1S/C17H21ClN2O.C4H6O4.C3H6O2/c1-2-8-19-10-7-14-5-6-16(18)17(11-14)21-13-15-4-3-9-20-12-15;5-3(6)1-2-4(7)8;1-2-3(4)5/h3-6,9,11-12,19H,2,7-8,10,13H2,1H3;1-2H2,(H,5,6)(H,7,8);2H2,1H3,(H,4,5). The summed E-state index contributed by atoms with van der Waals surface area (Å²) in [7, 11) is 0. The number of rotatable bonds is 12. The van der Waals surface area contributed by atoms with Gasteiger partial charge in [0, 0.05) is 24.4 Å². The third-order valence-electron chi connectivity index (χ3n) is 3.99. The summed E-state index contributed by atoms with van der Waals surface area (Å²) in [5, 5.41) is 27.6. The van der Waals surface area contributed by atoms with Crippen LogP contribution in [0.3, 0.4) is 0 Å². The number of hydrogen-bond donors (Lipinski definition) is 4. The Labute approximate surface area is 204 Å². The Morgan fingerprint density at radius 2 is 1.62 bits per heavy atom. The number of carboxylic acid groups (broad SMARTS) is 3. The lowest BCUT2D eigenvalue weighted by atomic mass is 10.1. The van der Waals surface area contributed by atoms with Crippen molar-refractivity contribution in [3.63, 3.8) is 0 Å². The van der Waals surface area contributed by atoms with Gasteiger partial charge in [0.2, 0.25) is 0 Å². The van der Waals surface area contributed by atoms with E-state index in [1.165, 1.54) is 5.56 Å². The molecule has 0 spiro atoms. The predicted octanol–water partition coefficient (Wildman–Crippen LogP) is 4.27. The Morgan fingerprint density at radius 1 is 0.971 bits per heavy atom. The zero-order chi connectivity index (χ0) is 25.8. The number of aliphatic carboxylic acids is 3. The van der Waals surface area contributed by atoms with E-state index in [4.69, 9.17) is 31.7 Å². The molecule has 0 radical (unpaired) electrons. The first-order chi connectivity index (χ1) is 16.2. The summed E-state index contributed by atoms with van der Waals surface area (Å²) in [4.78, 5) is 32.7. The van der Waals surface area contributed by atoms with Crippen molar-refractivity contribution in [2.75, 3.05) is 13.1 Å². The molecule has 0 aliphatic carbocycles. The second-order valence-electron chi connectivity index (χ2n) is 6.95. The summed E-state index contributed by atoms with van der Waals surface area (Å²) in [5.41, 5.74) is 2.26. The fourth-order valence-electron chi connectivity index (χ4n) is 2.21. The molecule has 34 heavy (non-hydrogen) atoms. The highest BCUT2D eigenvalue weighted by atomic mass is 35.5. The van der Waals surface area contributed by atoms with Gasteiger partial charge in [-0.05, 0) is 49.7 Å². The smallest absolute Gasteiger partial charge is 0.303 e. The van der Waals surface area contributed by atoms with E-state index in [0.29, 0.717) is 11.6 Å². The molecule has 0 aliphatic rings.